The molecule has 3 aromatic carbocycles. The second-order valence-electron chi connectivity index (χ2n) is 6.07. The molecule has 0 aromatic heterocycles. The van der Waals surface area contributed by atoms with Gasteiger partial charge in [-0.2, -0.15) is 5.26 Å². The van der Waals surface area contributed by atoms with Gasteiger partial charge in [-0.3, -0.25) is 4.79 Å². The summed E-state index contributed by atoms with van der Waals surface area (Å²) in [6.45, 7) is 0.187. The first kappa shape index (κ1) is 21.0. The summed E-state index contributed by atoms with van der Waals surface area (Å²) in [5.74, 6) is 0.0915. The second kappa shape index (κ2) is 9.62. The summed E-state index contributed by atoms with van der Waals surface area (Å²) in [5.41, 5.74) is 1.68. The third kappa shape index (κ3) is 5.40. The normalized spacial score (nSPS) is 11.0. The molecule has 29 heavy (non-hydrogen) atoms. The van der Waals surface area contributed by atoms with Gasteiger partial charge < -0.3 is 4.74 Å². The van der Waals surface area contributed by atoms with Crippen molar-refractivity contribution in [2.45, 2.75) is 6.61 Å². The molecule has 0 aliphatic carbocycles. The molecule has 0 amide bonds. The molecule has 3 rings (SSSR count). The van der Waals surface area contributed by atoms with E-state index in [9.17, 15) is 10.1 Å². The predicted octanol–water partition coefficient (Wildman–Crippen LogP) is 7.02. The molecular weight excluding hydrogens is 429 g/mol. The van der Waals surface area contributed by atoms with Crippen molar-refractivity contribution in [3.8, 4) is 11.8 Å². The predicted molar refractivity (Wildman–Crippen MR) is 117 cm³/mol. The van der Waals surface area contributed by atoms with Crippen molar-refractivity contribution >= 4 is 46.7 Å². The maximum atomic E-state index is 12.6. The summed E-state index contributed by atoms with van der Waals surface area (Å²) in [5, 5.41) is 11.0. The number of ketones is 1. The Bertz CT molecular complexity index is 1120. The first-order valence-electron chi connectivity index (χ1n) is 8.56. The van der Waals surface area contributed by atoms with E-state index in [-0.39, 0.29) is 18.0 Å². The highest BCUT2D eigenvalue weighted by Crippen LogP contribution is 2.28. The van der Waals surface area contributed by atoms with Crippen molar-refractivity contribution in [1.82, 2.24) is 0 Å². The smallest absolute Gasteiger partial charge is 0.203 e. The Kier molecular flexibility index (Phi) is 6.95. The van der Waals surface area contributed by atoms with Crippen molar-refractivity contribution in [3.63, 3.8) is 0 Å². The summed E-state index contributed by atoms with van der Waals surface area (Å²) in [4.78, 5) is 12.6. The molecule has 3 nitrogen and oxygen atoms in total. The highest BCUT2D eigenvalue weighted by Gasteiger charge is 2.14. The summed E-state index contributed by atoms with van der Waals surface area (Å²) in [7, 11) is 0. The summed E-state index contributed by atoms with van der Waals surface area (Å²) in [6.07, 6.45) is 1.47. The molecule has 0 unspecified atom stereocenters. The Morgan fingerprint density at radius 3 is 2.34 bits per heavy atom. The van der Waals surface area contributed by atoms with Crippen LogP contribution in [0.25, 0.3) is 6.08 Å². The Labute approximate surface area is 183 Å². The fraction of sp³-hybridized carbons (Fsp3) is 0.0435. The lowest BCUT2D eigenvalue weighted by Crippen LogP contribution is -2.02. The molecular formula is C23H14Cl3NO2. The van der Waals surface area contributed by atoms with E-state index in [1.54, 1.807) is 66.7 Å². The van der Waals surface area contributed by atoms with Gasteiger partial charge in [0.1, 0.15) is 24.0 Å². The second-order valence-corrected chi connectivity index (χ2v) is 7.35. The minimum absolute atomic E-state index is 0.0205. The summed E-state index contributed by atoms with van der Waals surface area (Å²) in [6, 6.07) is 20.7. The number of benzene rings is 3. The zero-order valence-corrected chi connectivity index (χ0v) is 17.3. The topological polar surface area (TPSA) is 50.1 Å². The van der Waals surface area contributed by atoms with E-state index in [0.29, 0.717) is 31.9 Å². The lowest BCUT2D eigenvalue weighted by Gasteiger charge is -2.11. The van der Waals surface area contributed by atoms with Crippen molar-refractivity contribution < 1.29 is 9.53 Å². The number of nitrogens with zero attached hydrogens (tertiary/aromatic N) is 1. The van der Waals surface area contributed by atoms with Crippen molar-refractivity contribution in [3.05, 3.63) is 104 Å². The largest absolute Gasteiger partial charge is 0.488 e. The van der Waals surface area contributed by atoms with E-state index in [1.807, 2.05) is 6.07 Å². The van der Waals surface area contributed by atoms with Gasteiger partial charge >= 0.3 is 0 Å². The number of ether oxygens (including phenoxy) is 1. The molecule has 0 aliphatic heterocycles. The molecule has 0 fully saturated rings. The van der Waals surface area contributed by atoms with Gasteiger partial charge in [0.25, 0.3) is 0 Å². The number of nitriles is 1. The maximum Gasteiger partial charge on any atom is 0.203 e. The van der Waals surface area contributed by atoms with E-state index in [1.165, 1.54) is 6.08 Å². The van der Waals surface area contributed by atoms with Crippen LogP contribution in [0.4, 0.5) is 0 Å². The zero-order chi connectivity index (χ0) is 20.8. The van der Waals surface area contributed by atoms with Crippen molar-refractivity contribution in [1.29, 1.82) is 5.26 Å². The van der Waals surface area contributed by atoms with Crippen LogP contribution in [0.5, 0.6) is 5.75 Å². The number of Topliss-reactive ketones (excluding diaryl/α,β-unsaturated/α-hetero) is 1. The molecule has 0 atom stereocenters. The minimum Gasteiger partial charge on any atom is -0.488 e. The van der Waals surface area contributed by atoms with Crippen LogP contribution < -0.4 is 4.74 Å². The SMILES string of the molecule is N#CC(=Cc1cc(Cl)ccc1OCc1ccc(Cl)cc1Cl)C(=O)c1ccccc1. The lowest BCUT2D eigenvalue weighted by atomic mass is 10.0. The molecule has 3 aromatic rings. The van der Waals surface area contributed by atoms with E-state index in [0.717, 1.165) is 5.56 Å². The van der Waals surface area contributed by atoms with Gasteiger partial charge in [-0.15, -0.1) is 0 Å². The number of hydrogen-bond donors (Lipinski definition) is 0. The van der Waals surface area contributed by atoms with Gasteiger partial charge in [0.2, 0.25) is 5.78 Å². The quantitative estimate of drug-likeness (QED) is 0.234. The molecule has 0 radical (unpaired) electrons. The Morgan fingerprint density at radius 2 is 1.66 bits per heavy atom. The van der Waals surface area contributed by atoms with E-state index in [2.05, 4.69) is 0 Å². The van der Waals surface area contributed by atoms with Gasteiger partial charge in [-0.1, -0.05) is 71.2 Å². The van der Waals surface area contributed by atoms with Crippen LogP contribution in [-0.2, 0) is 6.61 Å². The van der Waals surface area contributed by atoms with Crippen molar-refractivity contribution in [2.24, 2.45) is 0 Å². The van der Waals surface area contributed by atoms with Gasteiger partial charge in [0.15, 0.2) is 0 Å². The molecule has 0 heterocycles. The van der Waals surface area contributed by atoms with Gasteiger partial charge in [0.05, 0.1) is 0 Å². The fourth-order valence-electron chi connectivity index (χ4n) is 2.61. The molecule has 0 aliphatic rings. The van der Waals surface area contributed by atoms with Gasteiger partial charge in [0, 0.05) is 31.8 Å². The van der Waals surface area contributed by atoms with Crippen LogP contribution in [0, 0.1) is 11.3 Å². The van der Waals surface area contributed by atoms with Crippen LogP contribution >= 0.6 is 34.8 Å². The summed E-state index contributed by atoms with van der Waals surface area (Å²) < 4.78 is 5.88. The Hall–Kier alpha value is -2.77. The first-order chi connectivity index (χ1) is 14.0. The third-order valence-corrected chi connectivity index (χ3v) is 4.89. The number of hydrogen-bond acceptors (Lipinski definition) is 3. The standard InChI is InChI=1S/C23H14Cl3NO2/c24-19-8-9-22(29-14-16-6-7-20(25)12-21(16)26)17(11-19)10-18(13-27)23(28)15-4-2-1-3-5-15/h1-12H,14H2. The molecule has 0 saturated carbocycles. The Morgan fingerprint density at radius 1 is 0.966 bits per heavy atom. The van der Waals surface area contributed by atoms with E-state index in [4.69, 9.17) is 39.5 Å². The average molecular weight is 443 g/mol. The molecule has 0 N–H and O–H groups in total. The highest BCUT2D eigenvalue weighted by atomic mass is 35.5. The number of carbonyl (C=O) groups excluding carboxylic acids is 1. The number of rotatable bonds is 6. The van der Waals surface area contributed by atoms with Crippen LogP contribution in [0.2, 0.25) is 15.1 Å². The highest BCUT2D eigenvalue weighted by molar-refractivity contribution is 6.35. The number of halogens is 3. The minimum atomic E-state index is -0.375. The molecule has 6 heteroatoms. The van der Waals surface area contributed by atoms with Crippen LogP contribution in [0.1, 0.15) is 21.5 Å². The van der Waals surface area contributed by atoms with E-state index >= 15 is 0 Å². The summed E-state index contributed by atoms with van der Waals surface area (Å²) >= 11 is 18.2. The fourth-order valence-corrected chi connectivity index (χ4v) is 3.25. The van der Waals surface area contributed by atoms with Crippen molar-refractivity contribution in [2.75, 3.05) is 0 Å². The first-order valence-corrected chi connectivity index (χ1v) is 9.69. The lowest BCUT2D eigenvalue weighted by molar-refractivity contribution is 0.104. The zero-order valence-electron chi connectivity index (χ0n) is 15.0. The van der Waals surface area contributed by atoms with Crippen LogP contribution in [-0.4, -0.2) is 5.78 Å². The Balaban J connectivity index is 1.90. The number of carbonyl (C=O) groups is 1. The van der Waals surface area contributed by atoms with Crippen LogP contribution in [0.3, 0.4) is 0 Å². The average Bonchev–Trinajstić information content (AvgIpc) is 2.72. The maximum absolute atomic E-state index is 12.6. The van der Waals surface area contributed by atoms with Crippen LogP contribution in [0.15, 0.2) is 72.3 Å². The number of allylic oxidation sites excluding steroid dienone is 1. The van der Waals surface area contributed by atoms with E-state index < -0.39 is 0 Å². The molecule has 0 spiro atoms. The monoisotopic (exact) mass is 441 g/mol. The molecule has 0 saturated heterocycles. The van der Waals surface area contributed by atoms with Gasteiger partial charge in [-0.05, 0) is 36.4 Å². The molecule has 0 bridgehead atoms. The third-order valence-electron chi connectivity index (χ3n) is 4.07. The van der Waals surface area contributed by atoms with Gasteiger partial charge in [-0.25, -0.2) is 0 Å². The molecule has 144 valence electrons.